The van der Waals surface area contributed by atoms with E-state index >= 15 is 0 Å². The number of nitrogens with one attached hydrogen (secondary N) is 1. The second-order valence-corrected chi connectivity index (χ2v) is 12.3. The third kappa shape index (κ3) is 9.15. The van der Waals surface area contributed by atoms with E-state index in [2.05, 4.69) is 20.4 Å². The van der Waals surface area contributed by atoms with Crippen molar-refractivity contribution in [2.24, 2.45) is 4.99 Å². The van der Waals surface area contributed by atoms with Gasteiger partial charge >= 0.3 is 12.2 Å². The van der Waals surface area contributed by atoms with E-state index in [4.69, 9.17) is 23.5 Å². The second kappa shape index (κ2) is 13.4. The molecule has 1 fully saturated rings. The van der Waals surface area contributed by atoms with E-state index in [1.165, 1.54) is 0 Å². The van der Waals surface area contributed by atoms with Gasteiger partial charge in [-0.1, -0.05) is 23.4 Å². The summed E-state index contributed by atoms with van der Waals surface area (Å²) in [5.74, 6) is 1.56. The lowest BCUT2D eigenvalue weighted by molar-refractivity contribution is 0.0553. The summed E-state index contributed by atoms with van der Waals surface area (Å²) < 4.78 is 27.4. The Balaban J connectivity index is 1.54. The zero-order valence-electron chi connectivity index (χ0n) is 25.9. The number of fused-ring (bicyclic) bond motifs is 1. The summed E-state index contributed by atoms with van der Waals surface area (Å²) in [5, 5.41) is 8.88. The molecule has 0 bridgehead atoms. The van der Waals surface area contributed by atoms with Crippen LogP contribution < -0.4 is 10.1 Å². The van der Waals surface area contributed by atoms with Crippen LogP contribution in [0.3, 0.4) is 0 Å². The summed E-state index contributed by atoms with van der Waals surface area (Å²) in [6.07, 6.45) is 0.631. The van der Waals surface area contributed by atoms with Crippen molar-refractivity contribution in [1.82, 2.24) is 20.4 Å². The van der Waals surface area contributed by atoms with Crippen molar-refractivity contribution in [3.8, 4) is 17.1 Å². The molecule has 1 aliphatic heterocycles. The largest absolute Gasteiger partial charge is 0.493 e. The average molecular weight is 596 g/mol. The lowest BCUT2D eigenvalue weighted by Crippen LogP contribution is -2.46. The molecule has 1 atom stereocenters. The summed E-state index contributed by atoms with van der Waals surface area (Å²) in [5.41, 5.74) is -0.719. The van der Waals surface area contributed by atoms with Crippen molar-refractivity contribution in [2.75, 3.05) is 26.9 Å². The van der Waals surface area contributed by atoms with Gasteiger partial charge < -0.3 is 28.4 Å². The molecule has 0 aliphatic carbocycles. The van der Waals surface area contributed by atoms with Crippen LogP contribution in [0.25, 0.3) is 22.2 Å². The van der Waals surface area contributed by atoms with Crippen molar-refractivity contribution < 1.29 is 33.1 Å². The zero-order chi connectivity index (χ0) is 31.2. The van der Waals surface area contributed by atoms with Crippen LogP contribution in [-0.4, -0.2) is 71.3 Å². The first-order valence-corrected chi connectivity index (χ1v) is 14.4. The van der Waals surface area contributed by atoms with Crippen LogP contribution in [0.5, 0.6) is 5.75 Å². The van der Waals surface area contributed by atoms with Crippen LogP contribution in [0.15, 0.2) is 45.9 Å². The number of likely N-dealkylation sites (tertiary alicyclic amines) is 1. The number of rotatable bonds is 7. The van der Waals surface area contributed by atoms with Gasteiger partial charge in [-0.25, -0.2) is 9.59 Å². The van der Waals surface area contributed by atoms with Gasteiger partial charge in [0.25, 0.3) is 0 Å². The van der Waals surface area contributed by atoms with Gasteiger partial charge in [-0.05, 0) is 83.4 Å². The third-order valence-electron chi connectivity index (χ3n) is 6.29. The number of amides is 2. The third-order valence-corrected chi connectivity index (χ3v) is 6.29. The Morgan fingerprint density at radius 1 is 1.02 bits per heavy atom. The van der Waals surface area contributed by atoms with Crippen molar-refractivity contribution in [2.45, 2.75) is 78.0 Å². The molecule has 4 rings (SSSR count). The highest BCUT2D eigenvalue weighted by Gasteiger charge is 2.35. The van der Waals surface area contributed by atoms with Crippen LogP contribution in [0, 0.1) is 0 Å². The minimum absolute atomic E-state index is 0.00306. The van der Waals surface area contributed by atoms with Gasteiger partial charge in [0, 0.05) is 32.2 Å². The Morgan fingerprint density at radius 3 is 2.47 bits per heavy atom. The van der Waals surface area contributed by atoms with Crippen molar-refractivity contribution in [1.29, 1.82) is 0 Å². The van der Waals surface area contributed by atoms with E-state index in [1.54, 1.807) is 53.6 Å². The molecule has 43 heavy (non-hydrogen) atoms. The van der Waals surface area contributed by atoms with Gasteiger partial charge in [0.1, 0.15) is 23.0 Å². The van der Waals surface area contributed by atoms with Crippen LogP contribution in [-0.2, 0) is 14.2 Å². The molecule has 1 saturated heterocycles. The Morgan fingerprint density at radius 2 is 1.74 bits per heavy atom. The predicted molar refractivity (Wildman–Crippen MR) is 161 cm³/mol. The number of nitrogens with zero attached hydrogens (tertiary/aromatic N) is 4. The molecule has 2 heterocycles. The molecule has 1 aliphatic rings. The number of methoxy groups -OCH3 is 1. The summed E-state index contributed by atoms with van der Waals surface area (Å²) in [6, 6.07) is 11.4. The molecule has 2 amide bonds. The number of hydrogen-bond donors (Lipinski definition) is 1. The monoisotopic (exact) mass is 595 g/mol. The summed E-state index contributed by atoms with van der Waals surface area (Å²) in [6.45, 7) is 12.2. The van der Waals surface area contributed by atoms with Crippen LogP contribution in [0.1, 0.15) is 72.7 Å². The molecule has 0 unspecified atom stereocenters. The molecule has 0 saturated carbocycles. The number of aromatic nitrogens is 2. The Hall–Kier alpha value is -4.19. The highest BCUT2D eigenvalue weighted by Crippen LogP contribution is 2.33. The van der Waals surface area contributed by atoms with E-state index in [-0.39, 0.29) is 5.96 Å². The first-order valence-electron chi connectivity index (χ1n) is 14.4. The molecule has 232 valence electrons. The number of aliphatic imine (C=N–C) groups is 1. The average Bonchev–Trinajstić information content (AvgIpc) is 3.58. The molecule has 2 aromatic carbocycles. The maximum Gasteiger partial charge on any atom is 0.437 e. The van der Waals surface area contributed by atoms with Crippen LogP contribution in [0.2, 0.25) is 0 Å². The normalized spacial score (nSPS) is 15.9. The fourth-order valence-corrected chi connectivity index (χ4v) is 4.54. The number of carbonyl (C=O) groups excluding carboxylic acids is 2. The van der Waals surface area contributed by atoms with E-state index in [0.717, 1.165) is 34.9 Å². The summed E-state index contributed by atoms with van der Waals surface area (Å²) in [7, 11) is 1.67. The molecule has 0 spiro atoms. The SMILES string of the molecule is COCCCOc1ccc2cc(-c3noc([C@@H]4CCCN4/C(=N\C(=O)OC(C)(C)C)NC(=O)OC(C)(C)C)n3)ccc2c1. The number of guanidine groups is 1. The topological polar surface area (TPSA) is 138 Å². The Labute approximate surface area is 251 Å². The first-order chi connectivity index (χ1) is 20.3. The molecule has 12 heteroatoms. The number of benzene rings is 2. The highest BCUT2D eigenvalue weighted by atomic mass is 16.6. The lowest BCUT2D eigenvalue weighted by Gasteiger charge is -2.27. The van der Waals surface area contributed by atoms with Gasteiger partial charge in [-0.2, -0.15) is 4.98 Å². The number of alkyl carbamates (subject to hydrolysis) is 1. The molecule has 3 aromatic rings. The van der Waals surface area contributed by atoms with Crippen molar-refractivity contribution in [3.63, 3.8) is 0 Å². The molecule has 1 aromatic heterocycles. The van der Waals surface area contributed by atoms with Gasteiger partial charge in [0.15, 0.2) is 0 Å². The number of hydrogen-bond acceptors (Lipinski definition) is 9. The summed E-state index contributed by atoms with van der Waals surface area (Å²) >= 11 is 0. The van der Waals surface area contributed by atoms with Gasteiger partial charge in [0.2, 0.25) is 17.7 Å². The van der Waals surface area contributed by atoms with E-state index in [9.17, 15) is 9.59 Å². The fraction of sp³-hybridized carbons (Fsp3) is 0.516. The van der Waals surface area contributed by atoms with E-state index in [0.29, 0.717) is 37.9 Å². The Bertz CT molecular complexity index is 1450. The van der Waals surface area contributed by atoms with Crippen LogP contribution in [0.4, 0.5) is 9.59 Å². The van der Waals surface area contributed by atoms with Crippen molar-refractivity contribution >= 4 is 28.9 Å². The molecule has 0 radical (unpaired) electrons. The van der Waals surface area contributed by atoms with Gasteiger partial charge in [0.05, 0.1) is 6.61 Å². The molecular formula is C31H41N5O7. The maximum absolute atomic E-state index is 12.7. The second-order valence-electron chi connectivity index (χ2n) is 12.3. The Kier molecular flexibility index (Phi) is 9.90. The predicted octanol–water partition coefficient (Wildman–Crippen LogP) is 6.26. The first kappa shape index (κ1) is 31.7. The maximum atomic E-state index is 12.7. The standard InChI is InChI=1S/C31H41N5O7/c1-30(2,3)41-28(37)33-27(34-29(38)42-31(4,5)6)36-15-8-10-24(36)26-32-25(35-43-26)22-12-11-21-19-23(14-13-20(21)18-22)40-17-9-16-39-7/h11-14,18-19,24H,8-10,15-17H2,1-7H3,(H,33,34,37,38)/t24-/m0/s1. The summed E-state index contributed by atoms with van der Waals surface area (Å²) in [4.78, 5) is 35.8. The lowest BCUT2D eigenvalue weighted by atomic mass is 10.1. The zero-order valence-corrected chi connectivity index (χ0v) is 25.9. The van der Waals surface area contributed by atoms with E-state index in [1.807, 2.05) is 36.4 Å². The van der Waals surface area contributed by atoms with Gasteiger partial charge in [-0.3, -0.25) is 5.32 Å². The number of ether oxygens (including phenoxy) is 4. The highest BCUT2D eigenvalue weighted by molar-refractivity contribution is 5.99. The van der Waals surface area contributed by atoms with Crippen LogP contribution >= 0.6 is 0 Å². The minimum atomic E-state index is -0.838. The molecule has 12 nitrogen and oxygen atoms in total. The quantitative estimate of drug-likeness (QED) is 0.189. The molecular weight excluding hydrogens is 554 g/mol. The number of carbonyl (C=O) groups is 2. The van der Waals surface area contributed by atoms with E-state index < -0.39 is 29.4 Å². The smallest absolute Gasteiger partial charge is 0.437 e. The van der Waals surface area contributed by atoms with Crippen molar-refractivity contribution in [3.05, 3.63) is 42.3 Å². The molecule has 1 N–H and O–H groups in total. The fourth-order valence-electron chi connectivity index (χ4n) is 4.54. The minimum Gasteiger partial charge on any atom is -0.493 e. The van der Waals surface area contributed by atoms with Gasteiger partial charge in [-0.15, -0.1) is 4.99 Å².